The van der Waals surface area contributed by atoms with Gasteiger partial charge in [0.05, 0.1) is 0 Å². The Labute approximate surface area is 225 Å². The van der Waals surface area contributed by atoms with Crippen LogP contribution in [0.15, 0.2) is 18.2 Å². The van der Waals surface area contributed by atoms with Crippen molar-refractivity contribution in [1.29, 1.82) is 0 Å². The zero-order chi connectivity index (χ0) is 28.6. The third-order valence-electron chi connectivity index (χ3n) is 6.52. The molecule has 5 N–H and O–H groups in total. The minimum Gasteiger partial charge on any atom is -0.507 e. The quantitative estimate of drug-likeness (QED) is 0.286. The van der Waals surface area contributed by atoms with Crippen LogP contribution < -0.4 is 16.4 Å². The largest absolute Gasteiger partial charge is 0.507 e. The summed E-state index contributed by atoms with van der Waals surface area (Å²) in [5.41, 5.74) is 5.42. The number of rotatable bonds is 13. The molecule has 212 valence electrons. The minimum absolute atomic E-state index is 0.0599. The number of alkyl carbamates (subject to hydrolysis) is 1. The van der Waals surface area contributed by atoms with Crippen LogP contribution >= 0.6 is 0 Å². The third-order valence-corrected chi connectivity index (χ3v) is 6.52. The van der Waals surface area contributed by atoms with Gasteiger partial charge in [0.2, 0.25) is 17.7 Å². The van der Waals surface area contributed by atoms with Crippen LogP contribution in [0, 0.1) is 12.8 Å². The lowest BCUT2D eigenvalue weighted by molar-refractivity contribution is -0.143. The van der Waals surface area contributed by atoms with Gasteiger partial charge in [-0.15, -0.1) is 0 Å². The van der Waals surface area contributed by atoms with Crippen molar-refractivity contribution in [1.82, 2.24) is 15.5 Å². The van der Waals surface area contributed by atoms with Gasteiger partial charge in [-0.25, -0.2) is 4.79 Å². The van der Waals surface area contributed by atoms with Crippen molar-refractivity contribution in [3.8, 4) is 5.75 Å². The molecule has 10 nitrogen and oxygen atoms in total. The predicted molar refractivity (Wildman–Crippen MR) is 144 cm³/mol. The van der Waals surface area contributed by atoms with Gasteiger partial charge in [-0.2, -0.15) is 0 Å². The highest BCUT2D eigenvalue weighted by molar-refractivity contribution is 5.93. The molecule has 0 aromatic heterocycles. The molecule has 1 aliphatic carbocycles. The number of hydrogen-bond donors (Lipinski definition) is 4. The van der Waals surface area contributed by atoms with Crippen molar-refractivity contribution in [2.24, 2.45) is 11.7 Å². The van der Waals surface area contributed by atoms with E-state index in [0.717, 1.165) is 19.3 Å². The second kappa shape index (κ2) is 13.5. The molecular weight excluding hydrogens is 488 g/mol. The number of carbonyl (C=O) groups excluding carboxylic acids is 4. The molecular formula is C28H44N4O6. The van der Waals surface area contributed by atoms with E-state index in [1.165, 1.54) is 4.90 Å². The summed E-state index contributed by atoms with van der Waals surface area (Å²) >= 11 is 0. The molecule has 4 amide bonds. The van der Waals surface area contributed by atoms with Crippen molar-refractivity contribution in [2.45, 2.75) is 104 Å². The van der Waals surface area contributed by atoms with E-state index in [4.69, 9.17) is 10.5 Å². The number of nitrogens with one attached hydrogen (secondary N) is 2. The van der Waals surface area contributed by atoms with Crippen LogP contribution in [0.1, 0.15) is 90.3 Å². The molecule has 0 heterocycles. The molecule has 38 heavy (non-hydrogen) atoms. The molecule has 0 spiro atoms. The van der Waals surface area contributed by atoms with Crippen LogP contribution in [0.25, 0.3) is 0 Å². The molecule has 0 aliphatic heterocycles. The molecule has 4 atom stereocenters. The summed E-state index contributed by atoms with van der Waals surface area (Å²) in [4.78, 5) is 53.4. The molecule has 0 bridgehead atoms. The van der Waals surface area contributed by atoms with E-state index in [0.29, 0.717) is 24.1 Å². The zero-order valence-electron chi connectivity index (χ0n) is 23.5. The Hall–Kier alpha value is -3.30. The Kier molecular flexibility index (Phi) is 11.0. The first kappa shape index (κ1) is 30.9. The van der Waals surface area contributed by atoms with Crippen molar-refractivity contribution in [3.05, 3.63) is 29.3 Å². The molecule has 10 heteroatoms. The van der Waals surface area contributed by atoms with Crippen molar-refractivity contribution < 1.29 is 29.0 Å². The molecule has 0 saturated heterocycles. The second-order valence-electron chi connectivity index (χ2n) is 11.1. The van der Waals surface area contributed by atoms with E-state index < -0.39 is 41.5 Å². The Balaban J connectivity index is 2.50. The maximum Gasteiger partial charge on any atom is 0.408 e. The van der Waals surface area contributed by atoms with Gasteiger partial charge in [0.1, 0.15) is 23.4 Å². The monoisotopic (exact) mass is 532 g/mol. The number of unbranched alkanes of at least 4 members (excludes halogenated alkanes) is 2. The topological polar surface area (TPSA) is 151 Å². The lowest BCUT2D eigenvalue weighted by Crippen LogP contribution is -2.54. The van der Waals surface area contributed by atoms with Crippen LogP contribution in [-0.4, -0.2) is 58.1 Å². The van der Waals surface area contributed by atoms with Crippen molar-refractivity contribution in [3.63, 3.8) is 0 Å². The number of aryl methyl sites for hydroxylation is 1. The van der Waals surface area contributed by atoms with E-state index in [1.54, 1.807) is 45.9 Å². The number of primary amides is 1. The zero-order valence-corrected chi connectivity index (χ0v) is 23.5. The lowest BCUT2D eigenvalue weighted by Gasteiger charge is -2.35. The maximum absolute atomic E-state index is 14.1. The summed E-state index contributed by atoms with van der Waals surface area (Å²) in [5, 5.41) is 16.5. The Morgan fingerprint density at radius 2 is 1.87 bits per heavy atom. The second-order valence-corrected chi connectivity index (χ2v) is 11.1. The van der Waals surface area contributed by atoms with Crippen LogP contribution in [0.3, 0.4) is 0 Å². The number of benzene rings is 1. The fourth-order valence-electron chi connectivity index (χ4n) is 4.35. The summed E-state index contributed by atoms with van der Waals surface area (Å²) in [7, 11) is 0. The lowest BCUT2D eigenvalue weighted by atomic mass is 9.98. The summed E-state index contributed by atoms with van der Waals surface area (Å²) in [6, 6.07) is 2.50. The number of nitrogens with zero attached hydrogens (tertiary/aromatic N) is 1. The normalized spacial score (nSPS) is 18.2. The number of para-hydroxylation sites is 1. The van der Waals surface area contributed by atoms with E-state index >= 15 is 0 Å². The number of hydrogen-bond acceptors (Lipinski definition) is 6. The minimum atomic E-state index is -1.16. The van der Waals surface area contributed by atoms with Gasteiger partial charge in [-0.1, -0.05) is 44.9 Å². The molecule has 1 aromatic rings. The molecule has 1 aliphatic rings. The first-order chi connectivity index (χ1) is 17.8. The maximum atomic E-state index is 14.1. The van der Waals surface area contributed by atoms with Crippen molar-refractivity contribution in [2.75, 3.05) is 6.54 Å². The SMILES string of the molecule is CCCCCNC(=O)C(c1cccc(C)c1O)N(C(=O)C(CCC(N)=O)NC(=O)OC(C)(C)C)C1CC1C. The highest BCUT2D eigenvalue weighted by Crippen LogP contribution is 2.43. The summed E-state index contributed by atoms with van der Waals surface area (Å²) in [5.74, 6) is -1.54. The first-order valence-corrected chi connectivity index (χ1v) is 13.4. The molecule has 4 unspecified atom stereocenters. The van der Waals surface area contributed by atoms with E-state index in [9.17, 15) is 24.3 Å². The highest BCUT2D eigenvalue weighted by Gasteiger charge is 2.48. The average molecular weight is 533 g/mol. The highest BCUT2D eigenvalue weighted by atomic mass is 16.6. The van der Waals surface area contributed by atoms with E-state index in [-0.39, 0.29) is 30.6 Å². The molecule has 1 saturated carbocycles. The van der Waals surface area contributed by atoms with Gasteiger partial charge < -0.3 is 31.1 Å². The number of ether oxygens (including phenoxy) is 1. The Bertz CT molecular complexity index is 1010. The number of carbonyl (C=O) groups is 4. The van der Waals surface area contributed by atoms with E-state index in [2.05, 4.69) is 17.6 Å². The van der Waals surface area contributed by atoms with Gasteiger partial charge in [0.15, 0.2) is 0 Å². The van der Waals surface area contributed by atoms with Gasteiger partial charge in [-0.05, 0) is 58.4 Å². The molecule has 0 radical (unpaired) electrons. The first-order valence-electron chi connectivity index (χ1n) is 13.4. The van der Waals surface area contributed by atoms with Crippen molar-refractivity contribution >= 4 is 23.8 Å². The Morgan fingerprint density at radius 3 is 2.42 bits per heavy atom. The number of phenols is 1. The van der Waals surface area contributed by atoms with Crippen LogP contribution in [0.5, 0.6) is 5.75 Å². The predicted octanol–water partition coefficient (Wildman–Crippen LogP) is 3.44. The number of amides is 4. The number of nitrogens with two attached hydrogens (primary N) is 1. The van der Waals surface area contributed by atoms with Gasteiger partial charge in [0, 0.05) is 24.6 Å². The number of phenolic OH excluding ortho intramolecular Hbond substituents is 1. The van der Waals surface area contributed by atoms with Gasteiger partial charge in [0.25, 0.3) is 0 Å². The van der Waals surface area contributed by atoms with Gasteiger partial charge in [-0.3, -0.25) is 14.4 Å². The smallest absolute Gasteiger partial charge is 0.408 e. The molecule has 1 aromatic carbocycles. The van der Waals surface area contributed by atoms with Crippen LogP contribution in [-0.2, 0) is 19.1 Å². The molecule has 1 fully saturated rings. The Morgan fingerprint density at radius 1 is 1.21 bits per heavy atom. The van der Waals surface area contributed by atoms with Crippen LogP contribution in [0.2, 0.25) is 0 Å². The average Bonchev–Trinajstić information content (AvgIpc) is 3.53. The molecule has 2 rings (SSSR count). The summed E-state index contributed by atoms with van der Waals surface area (Å²) in [6.45, 7) is 11.3. The summed E-state index contributed by atoms with van der Waals surface area (Å²) in [6.07, 6.45) is 2.34. The third kappa shape index (κ3) is 8.92. The van der Waals surface area contributed by atoms with Gasteiger partial charge >= 0.3 is 6.09 Å². The van der Waals surface area contributed by atoms with Crippen LogP contribution in [0.4, 0.5) is 4.79 Å². The fraction of sp³-hybridized carbons (Fsp3) is 0.643. The summed E-state index contributed by atoms with van der Waals surface area (Å²) < 4.78 is 5.35. The fourth-order valence-corrected chi connectivity index (χ4v) is 4.35. The standard InChI is InChI=1S/C28H44N4O6/c1-7-8-9-15-30-25(35)23(19-12-10-11-17(2)24(19)34)32(21-16-18(21)3)26(36)20(13-14-22(29)33)31-27(37)38-28(4,5)6/h10-12,18,20-21,23,34H,7-9,13-16H2,1-6H3,(H2,29,33)(H,30,35)(H,31,37). The number of aromatic hydroxyl groups is 1. The van der Waals surface area contributed by atoms with E-state index in [1.807, 2.05) is 6.92 Å².